The lowest BCUT2D eigenvalue weighted by Crippen LogP contribution is -2.00. The van der Waals surface area contributed by atoms with Crippen LogP contribution >= 0.6 is 22.9 Å². The first-order valence-corrected chi connectivity index (χ1v) is 7.36. The maximum atomic E-state index is 11.9. The van der Waals surface area contributed by atoms with E-state index in [1.54, 1.807) is 30.5 Å². The monoisotopic (exact) mass is 315 g/mol. The summed E-state index contributed by atoms with van der Waals surface area (Å²) in [6.45, 7) is 0. The van der Waals surface area contributed by atoms with Crippen molar-refractivity contribution in [3.8, 4) is 0 Å². The van der Waals surface area contributed by atoms with Crippen LogP contribution in [-0.2, 0) is 0 Å². The third-order valence-electron chi connectivity index (χ3n) is 2.78. The van der Waals surface area contributed by atoms with E-state index in [0.717, 1.165) is 16.9 Å². The van der Waals surface area contributed by atoms with E-state index in [0.29, 0.717) is 21.1 Å². The highest BCUT2D eigenvalue weighted by Gasteiger charge is 2.02. The molecule has 3 aromatic rings. The van der Waals surface area contributed by atoms with Gasteiger partial charge in [-0.15, -0.1) is 0 Å². The molecule has 1 N–H and O–H groups in total. The van der Waals surface area contributed by atoms with E-state index in [2.05, 4.69) is 15.5 Å². The molecule has 0 fully saturated rings. The SMILES string of the molecule is O=c1sc(N/N=C/c2ccc(Cl)cc2)nc2ccccc12. The van der Waals surface area contributed by atoms with Gasteiger partial charge < -0.3 is 0 Å². The third kappa shape index (κ3) is 3.26. The Kier molecular flexibility index (Phi) is 3.94. The number of hydrogen-bond donors (Lipinski definition) is 1. The molecular weight excluding hydrogens is 306 g/mol. The van der Waals surface area contributed by atoms with Gasteiger partial charge in [-0.1, -0.05) is 47.2 Å². The Balaban J connectivity index is 1.82. The van der Waals surface area contributed by atoms with Gasteiger partial charge in [-0.05, 0) is 29.8 Å². The predicted molar refractivity (Wildman–Crippen MR) is 88.6 cm³/mol. The van der Waals surface area contributed by atoms with Gasteiger partial charge in [0.05, 0.1) is 17.1 Å². The minimum Gasteiger partial charge on any atom is -0.277 e. The number of nitrogens with one attached hydrogen (secondary N) is 1. The maximum Gasteiger partial charge on any atom is 0.245 e. The van der Waals surface area contributed by atoms with Crippen LogP contribution in [0.2, 0.25) is 5.02 Å². The lowest BCUT2D eigenvalue weighted by molar-refractivity contribution is 1.30. The van der Waals surface area contributed by atoms with Crippen molar-refractivity contribution in [2.24, 2.45) is 5.10 Å². The van der Waals surface area contributed by atoms with E-state index in [1.165, 1.54) is 0 Å². The van der Waals surface area contributed by atoms with Crippen LogP contribution in [0.3, 0.4) is 0 Å². The molecule has 6 heteroatoms. The molecule has 2 aromatic carbocycles. The summed E-state index contributed by atoms with van der Waals surface area (Å²) in [6.07, 6.45) is 1.64. The molecule has 4 nitrogen and oxygen atoms in total. The zero-order valence-electron chi connectivity index (χ0n) is 10.8. The number of hydrazone groups is 1. The largest absolute Gasteiger partial charge is 0.277 e. The van der Waals surface area contributed by atoms with E-state index < -0.39 is 0 Å². The first-order valence-electron chi connectivity index (χ1n) is 6.17. The third-order valence-corrected chi connectivity index (χ3v) is 3.81. The van der Waals surface area contributed by atoms with E-state index in [9.17, 15) is 4.79 Å². The molecule has 0 saturated heterocycles. The van der Waals surface area contributed by atoms with Crippen LogP contribution in [0.25, 0.3) is 10.9 Å². The van der Waals surface area contributed by atoms with Crippen LogP contribution in [-0.4, -0.2) is 11.2 Å². The normalized spacial score (nSPS) is 11.1. The molecule has 21 heavy (non-hydrogen) atoms. The van der Waals surface area contributed by atoms with Gasteiger partial charge in [0.15, 0.2) is 0 Å². The van der Waals surface area contributed by atoms with Gasteiger partial charge in [-0.25, -0.2) is 4.98 Å². The van der Waals surface area contributed by atoms with Crippen LogP contribution in [0.4, 0.5) is 5.13 Å². The van der Waals surface area contributed by atoms with E-state index in [1.807, 2.05) is 24.3 Å². The van der Waals surface area contributed by atoms with Crippen molar-refractivity contribution in [2.75, 3.05) is 5.43 Å². The van der Waals surface area contributed by atoms with Gasteiger partial charge in [0.2, 0.25) is 9.87 Å². The molecule has 1 heterocycles. The fourth-order valence-corrected chi connectivity index (χ4v) is 2.60. The average molecular weight is 316 g/mol. The molecule has 3 rings (SSSR count). The first-order chi connectivity index (χ1) is 10.2. The first kappa shape index (κ1) is 13.7. The number of aromatic nitrogens is 1. The molecule has 0 saturated carbocycles. The molecular formula is C15H10ClN3OS. The lowest BCUT2D eigenvalue weighted by Gasteiger charge is -2.00. The molecule has 0 aliphatic rings. The molecule has 0 atom stereocenters. The summed E-state index contributed by atoms with van der Waals surface area (Å²) in [5, 5.41) is 5.84. The van der Waals surface area contributed by atoms with Gasteiger partial charge >= 0.3 is 0 Å². The highest BCUT2D eigenvalue weighted by molar-refractivity contribution is 7.13. The summed E-state index contributed by atoms with van der Waals surface area (Å²) in [7, 11) is 0. The maximum absolute atomic E-state index is 11.9. The fourth-order valence-electron chi connectivity index (χ4n) is 1.78. The Hall–Kier alpha value is -2.24. The Labute approximate surface area is 129 Å². The summed E-state index contributed by atoms with van der Waals surface area (Å²) >= 11 is 6.84. The molecule has 104 valence electrons. The highest BCUT2D eigenvalue weighted by Crippen LogP contribution is 2.14. The molecule has 0 aliphatic heterocycles. The summed E-state index contributed by atoms with van der Waals surface area (Å²) in [4.78, 5) is 16.3. The number of para-hydroxylation sites is 1. The Morgan fingerprint density at radius 2 is 1.90 bits per heavy atom. The van der Waals surface area contributed by atoms with Crippen molar-refractivity contribution in [1.82, 2.24) is 4.98 Å². The zero-order chi connectivity index (χ0) is 14.7. The fraction of sp³-hybridized carbons (Fsp3) is 0. The van der Waals surface area contributed by atoms with Crippen molar-refractivity contribution in [1.29, 1.82) is 0 Å². The van der Waals surface area contributed by atoms with Crippen LogP contribution in [0, 0.1) is 0 Å². The van der Waals surface area contributed by atoms with Crippen molar-refractivity contribution in [3.63, 3.8) is 0 Å². The minimum atomic E-state index is -0.0372. The average Bonchev–Trinajstić information content (AvgIpc) is 2.49. The smallest absolute Gasteiger partial charge is 0.245 e. The predicted octanol–water partition coefficient (Wildman–Crippen LogP) is 3.76. The molecule has 1 aromatic heterocycles. The van der Waals surface area contributed by atoms with Gasteiger partial charge in [0.25, 0.3) is 0 Å². The minimum absolute atomic E-state index is 0.0372. The second-order valence-corrected chi connectivity index (χ2v) is 5.64. The van der Waals surface area contributed by atoms with Crippen molar-refractivity contribution in [3.05, 3.63) is 68.7 Å². The van der Waals surface area contributed by atoms with Crippen LogP contribution in [0.15, 0.2) is 58.4 Å². The second-order valence-electron chi connectivity index (χ2n) is 4.25. The Morgan fingerprint density at radius 1 is 1.14 bits per heavy atom. The van der Waals surface area contributed by atoms with Gasteiger partial charge in [-0.2, -0.15) is 5.10 Å². The molecule has 0 radical (unpaired) electrons. The number of halogens is 1. The number of hydrogen-bond acceptors (Lipinski definition) is 5. The number of rotatable bonds is 3. The molecule has 0 unspecified atom stereocenters. The standard InChI is InChI=1S/C15H10ClN3OS/c16-11-7-5-10(6-8-11)9-17-19-15-18-13-4-2-1-3-12(13)14(20)21-15/h1-9H,(H,18,19)/b17-9+. The Bertz CT molecular complexity index is 859. The lowest BCUT2D eigenvalue weighted by atomic mass is 10.2. The number of benzene rings is 2. The molecule has 0 spiro atoms. The zero-order valence-corrected chi connectivity index (χ0v) is 12.4. The van der Waals surface area contributed by atoms with Crippen LogP contribution in [0.1, 0.15) is 5.56 Å². The quantitative estimate of drug-likeness (QED) is 0.591. The van der Waals surface area contributed by atoms with Gasteiger partial charge in [-0.3, -0.25) is 10.2 Å². The number of fused-ring (bicyclic) bond motifs is 1. The van der Waals surface area contributed by atoms with E-state index in [4.69, 9.17) is 11.6 Å². The summed E-state index contributed by atoms with van der Waals surface area (Å²) in [6, 6.07) is 14.5. The highest BCUT2D eigenvalue weighted by atomic mass is 35.5. The van der Waals surface area contributed by atoms with E-state index >= 15 is 0 Å². The van der Waals surface area contributed by atoms with Gasteiger partial charge in [0, 0.05) is 5.02 Å². The second kappa shape index (κ2) is 6.03. The van der Waals surface area contributed by atoms with Gasteiger partial charge in [0.1, 0.15) is 0 Å². The van der Waals surface area contributed by atoms with Crippen LogP contribution < -0.4 is 10.2 Å². The molecule has 0 aliphatic carbocycles. The van der Waals surface area contributed by atoms with Crippen LogP contribution in [0.5, 0.6) is 0 Å². The number of anilines is 1. The van der Waals surface area contributed by atoms with Crippen molar-refractivity contribution < 1.29 is 0 Å². The molecule has 0 bridgehead atoms. The van der Waals surface area contributed by atoms with E-state index in [-0.39, 0.29) is 4.74 Å². The topological polar surface area (TPSA) is 54.4 Å². The van der Waals surface area contributed by atoms with Crippen molar-refractivity contribution in [2.45, 2.75) is 0 Å². The Morgan fingerprint density at radius 3 is 2.71 bits per heavy atom. The molecule has 0 amide bonds. The van der Waals surface area contributed by atoms with Crippen molar-refractivity contribution >= 4 is 45.2 Å². The summed E-state index contributed by atoms with van der Waals surface area (Å²) in [5.74, 6) is 0. The summed E-state index contributed by atoms with van der Waals surface area (Å²) < 4.78 is -0.0372. The number of nitrogens with zero attached hydrogens (tertiary/aromatic N) is 2. The summed E-state index contributed by atoms with van der Waals surface area (Å²) in [5.41, 5.74) is 4.35.